The van der Waals surface area contributed by atoms with E-state index in [9.17, 15) is 8.78 Å². The van der Waals surface area contributed by atoms with E-state index < -0.39 is 6.61 Å². The molecule has 0 aliphatic heterocycles. The quantitative estimate of drug-likeness (QED) is 0.307. The number of methoxy groups -OCH3 is 1. The van der Waals surface area contributed by atoms with E-state index in [0.29, 0.717) is 25.7 Å². The predicted molar refractivity (Wildman–Crippen MR) is 120 cm³/mol. The summed E-state index contributed by atoms with van der Waals surface area (Å²) in [5.74, 6) is 1.72. The molecule has 9 heteroatoms. The third-order valence-corrected chi connectivity index (χ3v) is 3.91. The number of nitrogens with zero attached hydrogens (tertiary/aromatic N) is 2. The van der Waals surface area contributed by atoms with Crippen LogP contribution in [0, 0.1) is 0 Å². The fourth-order valence-corrected chi connectivity index (χ4v) is 2.51. The second-order valence-corrected chi connectivity index (χ2v) is 5.85. The summed E-state index contributed by atoms with van der Waals surface area (Å²) in [5, 5.41) is 3.19. The van der Waals surface area contributed by atoms with Crippen molar-refractivity contribution in [2.24, 2.45) is 4.99 Å². The molecule has 0 aliphatic rings. The van der Waals surface area contributed by atoms with Crippen molar-refractivity contribution >= 4 is 29.9 Å². The Hall–Kier alpha value is -2.30. The first-order valence-electron chi connectivity index (χ1n) is 8.75. The fraction of sp³-hybridized carbons (Fsp3) is 0.350. The molecule has 0 bridgehead atoms. The van der Waals surface area contributed by atoms with Crippen LogP contribution in [0.1, 0.15) is 5.56 Å². The largest absolute Gasteiger partial charge is 0.493 e. The van der Waals surface area contributed by atoms with Gasteiger partial charge < -0.3 is 24.4 Å². The van der Waals surface area contributed by atoms with Crippen LogP contribution in [0.4, 0.5) is 8.78 Å². The molecule has 2 aromatic carbocycles. The number of benzene rings is 2. The summed E-state index contributed by atoms with van der Waals surface area (Å²) in [4.78, 5) is 6.15. The number of hydrogen-bond acceptors (Lipinski definition) is 4. The van der Waals surface area contributed by atoms with E-state index >= 15 is 0 Å². The molecule has 2 aromatic rings. The number of likely N-dealkylation sites (N-methyl/N-ethyl adjacent to an activating group) is 1. The van der Waals surface area contributed by atoms with Gasteiger partial charge in [0.25, 0.3) is 0 Å². The Morgan fingerprint density at radius 2 is 1.86 bits per heavy atom. The van der Waals surface area contributed by atoms with E-state index in [4.69, 9.17) is 9.47 Å². The molecule has 2 rings (SSSR count). The monoisotopic (exact) mass is 521 g/mol. The molecule has 160 valence electrons. The van der Waals surface area contributed by atoms with E-state index in [1.807, 2.05) is 42.3 Å². The molecule has 0 atom stereocenters. The van der Waals surface area contributed by atoms with Gasteiger partial charge in [-0.1, -0.05) is 24.3 Å². The lowest BCUT2D eigenvalue weighted by Gasteiger charge is -2.22. The maximum atomic E-state index is 12.6. The van der Waals surface area contributed by atoms with Gasteiger partial charge in [0.1, 0.15) is 12.4 Å². The molecule has 0 fully saturated rings. The molecule has 0 unspecified atom stereocenters. The van der Waals surface area contributed by atoms with Gasteiger partial charge in [0, 0.05) is 20.6 Å². The summed E-state index contributed by atoms with van der Waals surface area (Å²) in [7, 11) is 4.97. The van der Waals surface area contributed by atoms with Crippen molar-refractivity contribution in [3.05, 3.63) is 54.1 Å². The van der Waals surface area contributed by atoms with Gasteiger partial charge in [-0.25, -0.2) is 0 Å². The molecule has 6 nitrogen and oxygen atoms in total. The van der Waals surface area contributed by atoms with Crippen LogP contribution >= 0.6 is 24.0 Å². The molecule has 29 heavy (non-hydrogen) atoms. The Kier molecular flexibility index (Phi) is 11.1. The van der Waals surface area contributed by atoms with Crippen LogP contribution in [-0.4, -0.2) is 51.8 Å². The van der Waals surface area contributed by atoms with Gasteiger partial charge in [0.2, 0.25) is 0 Å². The number of hydrogen-bond donors (Lipinski definition) is 1. The normalized spacial score (nSPS) is 10.9. The maximum Gasteiger partial charge on any atom is 0.387 e. The van der Waals surface area contributed by atoms with E-state index in [2.05, 4.69) is 15.0 Å². The Labute approximate surface area is 186 Å². The smallest absolute Gasteiger partial charge is 0.387 e. The highest BCUT2D eigenvalue weighted by molar-refractivity contribution is 14.0. The van der Waals surface area contributed by atoms with Gasteiger partial charge in [0.15, 0.2) is 17.5 Å². The molecule has 0 heterocycles. The minimum atomic E-state index is -2.92. The minimum Gasteiger partial charge on any atom is -0.493 e. The van der Waals surface area contributed by atoms with Crippen LogP contribution in [0.2, 0.25) is 0 Å². The number of ether oxygens (including phenoxy) is 3. The Balaban J connectivity index is 0.00000420. The number of nitrogens with one attached hydrogen (secondary N) is 1. The number of aliphatic imine (C=N–C) groups is 1. The SMILES string of the molecule is CN=C(NCc1ccc(OC)c(OC(F)F)c1)N(C)CCOc1ccccc1.I. The third-order valence-electron chi connectivity index (χ3n) is 3.91. The summed E-state index contributed by atoms with van der Waals surface area (Å²) in [6, 6.07) is 14.4. The van der Waals surface area contributed by atoms with Crippen molar-refractivity contribution in [2.75, 3.05) is 34.4 Å². The van der Waals surface area contributed by atoms with Crippen LogP contribution < -0.4 is 19.5 Å². The number of para-hydroxylation sites is 1. The predicted octanol–water partition coefficient (Wildman–Crippen LogP) is 4.00. The molecule has 0 spiro atoms. The Bertz CT molecular complexity index is 764. The van der Waals surface area contributed by atoms with E-state index in [0.717, 1.165) is 11.3 Å². The first-order valence-corrected chi connectivity index (χ1v) is 8.75. The minimum absolute atomic E-state index is 0. The van der Waals surface area contributed by atoms with Crippen molar-refractivity contribution in [2.45, 2.75) is 13.2 Å². The van der Waals surface area contributed by atoms with Gasteiger partial charge in [-0.05, 0) is 29.8 Å². The molecule has 0 aromatic heterocycles. The molecule has 0 radical (unpaired) electrons. The van der Waals surface area contributed by atoms with Crippen molar-refractivity contribution in [3.63, 3.8) is 0 Å². The zero-order chi connectivity index (χ0) is 20.4. The first-order chi connectivity index (χ1) is 13.5. The molecule has 0 aliphatic carbocycles. The highest BCUT2D eigenvalue weighted by Crippen LogP contribution is 2.29. The van der Waals surface area contributed by atoms with Gasteiger partial charge in [-0.3, -0.25) is 4.99 Å². The van der Waals surface area contributed by atoms with Crippen LogP contribution in [0.5, 0.6) is 17.2 Å². The standard InChI is InChI=1S/C20H25F2N3O3.HI/c1-23-20(25(2)11-12-27-16-7-5-4-6-8-16)24-14-15-9-10-17(26-3)18(13-15)28-19(21)22;/h4-10,13,19H,11-12,14H2,1-3H3,(H,23,24);1H. The molecular formula is C20H26F2IN3O3. The second kappa shape index (κ2) is 13.0. The maximum absolute atomic E-state index is 12.6. The second-order valence-electron chi connectivity index (χ2n) is 5.85. The van der Waals surface area contributed by atoms with Crippen molar-refractivity contribution in [1.29, 1.82) is 0 Å². The highest BCUT2D eigenvalue weighted by Gasteiger charge is 2.12. The number of alkyl halides is 2. The molecule has 0 saturated carbocycles. The zero-order valence-electron chi connectivity index (χ0n) is 16.6. The highest BCUT2D eigenvalue weighted by atomic mass is 127. The van der Waals surface area contributed by atoms with Gasteiger partial charge >= 0.3 is 6.61 Å². The molecule has 0 amide bonds. The number of guanidine groups is 1. The van der Waals surface area contributed by atoms with E-state index in [1.165, 1.54) is 13.2 Å². The Morgan fingerprint density at radius 1 is 1.14 bits per heavy atom. The van der Waals surface area contributed by atoms with Gasteiger partial charge in [-0.2, -0.15) is 8.78 Å². The lowest BCUT2D eigenvalue weighted by atomic mass is 10.2. The van der Waals surface area contributed by atoms with E-state index in [-0.39, 0.29) is 35.5 Å². The van der Waals surface area contributed by atoms with E-state index in [1.54, 1.807) is 19.2 Å². The molecular weight excluding hydrogens is 495 g/mol. The zero-order valence-corrected chi connectivity index (χ0v) is 18.9. The summed E-state index contributed by atoms with van der Waals surface area (Å²) in [5.41, 5.74) is 0.756. The first kappa shape index (κ1) is 24.7. The van der Waals surface area contributed by atoms with Crippen molar-refractivity contribution in [3.8, 4) is 17.2 Å². The van der Waals surface area contributed by atoms with Gasteiger partial charge in [-0.15, -0.1) is 24.0 Å². The summed E-state index contributed by atoms with van der Waals surface area (Å²) in [6.45, 7) is -1.41. The lowest BCUT2D eigenvalue weighted by molar-refractivity contribution is -0.0512. The summed E-state index contributed by atoms with van der Waals surface area (Å²) in [6.07, 6.45) is 0. The topological polar surface area (TPSA) is 55.3 Å². The lowest BCUT2D eigenvalue weighted by Crippen LogP contribution is -2.40. The average Bonchev–Trinajstić information content (AvgIpc) is 2.69. The fourth-order valence-electron chi connectivity index (χ4n) is 2.51. The van der Waals surface area contributed by atoms with Crippen LogP contribution in [0.25, 0.3) is 0 Å². The summed E-state index contributed by atoms with van der Waals surface area (Å²) < 4.78 is 40.3. The molecule has 0 saturated heterocycles. The van der Waals surface area contributed by atoms with Gasteiger partial charge in [0.05, 0.1) is 13.7 Å². The molecule has 1 N–H and O–H groups in total. The average molecular weight is 521 g/mol. The van der Waals surface area contributed by atoms with Crippen LogP contribution in [0.15, 0.2) is 53.5 Å². The van der Waals surface area contributed by atoms with Crippen LogP contribution in [0.3, 0.4) is 0 Å². The van der Waals surface area contributed by atoms with Crippen molar-refractivity contribution < 1.29 is 23.0 Å². The summed E-state index contributed by atoms with van der Waals surface area (Å²) >= 11 is 0. The van der Waals surface area contributed by atoms with Crippen LogP contribution in [-0.2, 0) is 6.54 Å². The van der Waals surface area contributed by atoms with Crippen molar-refractivity contribution in [1.82, 2.24) is 10.2 Å². The number of halogens is 3. The Morgan fingerprint density at radius 3 is 2.48 bits per heavy atom. The third kappa shape index (κ3) is 8.30. The number of rotatable bonds is 9.